The van der Waals surface area contributed by atoms with Crippen molar-refractivity contribution >= 4 is 45.6 Å². The normalized spacial score (nSPS) is 19.7. The summed E-state index contributed by atoms with van der Waals surface area (Å²) in [5, 5.41) is -0.387. The van der Waals surface area contributed by atoms with E-state index in [9.17, 15) is 12.8 Å². The number of rotatable bonds is 4. The molecule has 0 aliphatic carbocycles. The van der Waals surface area contributed by atoms with Gasteiger partial charge in [-0.15, -0.1) is 12.4 Å². The van der Waals surface area contributed by atoms with E-state index < -0.39 is 15.8 Å². The van der Waals surface area contributed by atoms with Crippen molar-refractivity contribution in [2.24, 2.45) is 11.7 Å². The molecular weight excluding hydrogens is 374 g/mol. The minimum Gasteiger partial charge on any atom is -0.330 e. The van der Waals surface area contributed by atoms with Gasteiger partial charge < -0.3 is 5.73 Å². The number of nitrogens with two attached hydrogens (primary N) is 1. The largest absolute Gasteiger partial charge is 0.330 e. The van der Waals surface area contributed by atoms with Crippen LogP contribution in [-0.2, 0) is 10.0 Å². The lowest BCUT2D eigenvalue weighted by molar-refractivity contribution is 0.258. The van der Waals surface area contributed by atoms with Gasteiger partial charge in [-0.2, -0.15) is 4.31 Å². The summed E-state index contributed by atoms with van der Waals surface area (Å²) in [7, 11) is -3.83. The number of halogens is 4. The van der Waals surface area contributed by atoms with Crippen molar-refractivity contribution in [3.8, 4) is 0 Å². The van der Waals surface area contributed by atoms with Crippen LogP contribution >= 0.6 is 35.6 Å². The van der Waals surface area contributed by atoms with Crippen LogP contribution in [0.2, 0.25) is 10.0 Å². The maximum Gasteiger partial charge on any atom is 0.246 e. The first kappa shape index (κ1) is 19.9. The molecule has 1 fully saturated rings. The fourth-order valence-electron chi connectivity index (χ4n) is 2.62. The van der Waals surface area contributed by atoms with Gasteiger partial charge in [0.1, 0.15) is 10.7 Å². The topological polar surface area (TPSA) is 63.4 Å². The third-order valence-electron chi connectivity index (χ3n) is 3.62. The standard InChI is InChI=1S/C13H17Cl2FN2O2S.ClH/c14-11-6-10(16)7-12(15)13(11)21(19,20)18-5-1-2-9(8-18)3-4-17;/h6-7,9H,1-5,8,17H2;1H. The Bertz CT molecular complexity index is 603. The van der Waals surface area contributed by atoms with Crippen LogP contribution in [-0.4, -0.2) is 32.4 Å². The number of sulfonamides is 1. The van der Waals surface area contributed by atoms with Gasteiger partial charge in [-0.1, -0.05) is 23.2 Å². The quantitative estimate of drug-likeness (QED) is 0.856. The molecule has 0 radical (unpaired) electrons. The van der Waals surface area contributed by atoms with Gasteiger partial charge in [0.25, 0.3) is 0 Å². The summed E-state index contributed by atoms with van der Waals surface area (Å²) in [6.45, 7) is 1.33. The molecule has 0 aromatic heterocycles. The molecule has 22 heavy (non-hydrogen) atoms. The lowest BCUT2D eigenvalue weighted by Crippen LogP contribution is -2.40. The lowest BCUT2D eigenvalue weighted by atomic mass is 9.96. The van der Waals surface area contributed by atoms with Gasteiger partial charge in [-0.05, 0) is 43.9 Å². The predicted molar refractivity (Wildman–Crippen MR) is 88.8 cm³/mol. The van der Waals surface area contributed by atoms with Gasteiger partial charge in [0, 0.05) is 13.1 Å². The number of hydrogen-bond donors (Lipinski definition) is 1. The number of benzene rings is 1. The van der Waals surface area contributed by atoms with Gasteiger partial charge in [0.15, 0.2) is 0 Å². The van der Waals surface area contributed by atoms with E-state index in [0.29, 0.717) is 19.6 Å². The van der Waals surface area contributed by atoms with E-state index in [1.54, 1.807) is 0 Å². The number of nitrogens with zero attached hydrogens (tertiary/aromatic N) is 1. The van der Waals surface area contributed by atoms with Gasteiger partial charge in [0.05, 0.1) is 10.0 Å². The summed E-state index contributed by atoms with van der Waals surface area (Å²) in [5.74, 6) is -0.430. The third-order valence-corrected chi connectivity index (χ3v) is 6.41. The van der Waals surface area contributed by atoms with Crippen molar-refractivity contribution in [2.45, 2.75) is 24.2 Å². The summed E-state index contributed by atoms with van der Waals surface area (Å²) >= 11 is 11.8. The Balaban J connectivity index is 0.00000242. The molecule has 1 heterocycles. The van der Waals surface area contributed by atoms with E-state index in [1.807, 2.05) is 0 Å². The average molecular weight is 392 g/mol. The zero-order valence-electron chi connectivity index (χ0n) is 11.8. The Kier molecular flexibility index (Phi) is 7.36. The van der Waals surface area contributed by atoms with Crippen molar-refractivity contribution in [1.29, 1.82) is 0 Å². The molecule has 1 unspecified atom stereocenters. The molecule has 0 saturated carbocycles. The average Bonchev–Trinajstić information content (AvgIpc) is 2.37. The maximum atomic E-state index is 13.2. The maximum absolute atomic E-state index is 13.2. The summed E-state index contributed by atoms with van der Waals surface area (Å²) in [6.07, 6.45) is 2.49. The van der Waals surface area contributed by atoms with E-state index in [4.69, 9.17) is 28.9 Å². The van der Waals surface area contributed by atoms with Crippen LogP contribution in [0.3, 0.4) is 0 Å². The van der Waals surface area contributed by atoms with Crippen molar-refractivity contribution in [3.63, 3.8) is 0 Å². The van der Waals surface area contributed by atoms with Crippen molar-refractivity contribution in [1.82, 2.24) is 4.31 Å². The Morgan fingerprint density at radius 2 is 1.91 bits per heavy atom. The van der Waals surface area contributed by atoms with Crippen LogP contribution in [0.4, 0.5) is 4.39 Å². The summed E-state index contributed by atoms with van der Waals surface area (Å²) in [5.41, 5.74) is 5.54. The molecule has 126 valence electrons. The molecule has 9 heteroatoms. The van der Waals surface area contributed by atoms with E-state index in [1.165, 1.54) is 4.31 Å². The molecular formula is C13H18Cl3FN2O2S. The minimum atomic E-state index is -3.83. The highest BCUT2D eigenvalue weighted by molar-refractivity contribution is 7.89. The van der Waals surface area contributed by atoms with Gasteiger partial charge in [-0.25, -0.2) is 12.8 Å². The van der Waals surface area contributed by atoms with Gasteiger partial charge in [-0.3, -0.25) is 0 Å². The minimum absolute atomic E-state index is 0. The van der Waals surface area contributed by atoms with E-state index >= 15 is 0 Å². The molecule has 0 bridgehead atoms. The first-order chi connectivity index (χ1) is 9.86. The molecule has 1 aliphatic rings. The highest BCUT2D eigenvalue weighted by Crippen LogP contribution is 2.34. The van der Waals surface area contributed by atoms with Crippen LogP contribution in [0, 0.1) is 11.7 Å². The zero-order chi connectivity index (χ0) is 15.6. The Morgan fingerprint density at radius 1 is 1.32 bits per heavy atom. The smallest absolute Gasteiger partial charge is 0.246 e. The van der Waals surface area contributed by atoms with Crippen molar-refractivity contribution < 1.29 is 12.8 Å². The molecule has 1 saturated heterocycles. The second-order valence-electron chi connectivity index (χ2n) is 5.15. The molecule has 0 spiro atoms. The van der Waals surface area contributed by atoms with Gasteiger partial charge >= 0.3 is 0 Å². The highest BCUT2D eigenvalue weighted by Gasteiger charge is 2.33. The Labute approximate surface area is 146 Å². The second-order valence-corrected chi connectivity index (χ2v) is 7.84. The molecule has 2 N–H and O–H groups in total. The molecule has 1 atom stereocenters. The van der Waals surface area contributed by atoms with Crippen LogP contribution < -0.4 is 5.73 Å². The summed E-state index contributed by atoms with van der Waals surface area (Å²) in [6, 6.07) is 1.92. The van der Waals surface area contributed by atoms with Crippen LogP contribution in [0.1, 0.15) is 19.3 Å². The molecule has 2 rings (SSSR count). The summed E-state index contributed by atoms with van der Waals surface area (Å²) < 4.78 is 40.0. The second kappa shape index (κ2) is 8.13. The Morgan fingerprint density at radius 3 is 2.45 bits per heavy atom. The van der Waals surface area contributed by atoms with Crippen molar-refractivity contribution in [3.05, 3.63) is 28.0 Å². The van der Waals surface area contributed by atoms with Crippen LogP contribution in [0.25, 0.3) is 0 Å². The third kappa shape index (κ3) is 4.24. The molecule has 1 aliphatic heterocycles. The molecule has 4 nitrogen and oxygen atoms in total. The lowest BCUT2D eigenvalue weighted by Gasteiger charge is -2.32. The molecule has 0 amide bonds. The van der Waals surface area contributed by atoms with Crippen molar-refractivity contribution in [2.75, 3.05) is 19.6 Å². The highest BCUT2D eigenvalue weighted by atomic mass is 35.5. The summed E-state index contributed by atoms with van der Waals surface area (Å²) in [4.78, 5) is -0.222. The molecule has 1 aromatic rings. The number of piperidine rings is 1. The van der Waals surface area contributed by atoms with Crippen LogP contribution in [0.15, 0.2) is 17.0 Å². The monoisotopic (exact) mass is 390 g/mol. The van der Waals surface area contributed by atoms with Gasteiger partial charge in [0.2, 0.25) is 10.0 Å². The number of hydrogen-bond acceptors (Lipinski definition) is 3. The first-order valence-electron chi connectivity index (χ1n) is 6.71. The Hall–Kier alpha value is -0.110. The zero-order valence-corrected chi connectivity index (χ0v) is 14.9. The fourth-order valence-corrected chi connectivity index (χ4v) is 5.31. The van der Waals surface area contributed by atoms with E-state index in [2.05, 4.69) is 0 Å². The fraction of sp³-hybridized carbons (Fsp3) is 0.538. The SMILES string of the molecule is Cl.NCCC1CCCN(S(=O)(=O)c2c(Cl)cc(F)cc2Cl)C1. The predicted octanol–water partition coefficient (Wildman–Crippen LogP) is 3.30. The van der Waals surface area contributed by atoms with E-state index in [0.717, 1.165) is 31.4 Å². The van der Waals surface area contributed by atoms with Crippen LogP contribution in [0.5, 0.6) is 0 Å². The van der Waals surface area contributed by atoms with E-state index in [-0.39, 0.29) is 33.3 Å². The molecule has 1 aromatic carbocycles. The first-order valence-corrected chi connectivity index (χ1v) is 8.90.